The number of hydrogen-bond donors (Lipinski definition) is 1. The fourth-order valence-corrected chi connectivity index (χ4v) is 4.18. The van der Waals surface area contributed by atoms with E-state index in [2.05, 4.69) is 5.32 Å². The van der Waals surface area contributed by atoms with Gasteiger partial charge >= 0.3 is 0 Å². The number of likely N-dealkylation sites (tertiary alicyclic amines) is 1. The number of carbonyl (C=O) groups excluding carboxylic acids is 3. The van der Waals surface area contributed by atoms with Crippen LogP contribution in [0.15, 0.2) is 12.1 Å². The van der Waals surface area contributed by atoms with Crippen LogP contribution in [0.3, 0.4) is 0 Å². The van der Waals surface area contributed by atoms with Gasteiger partial charge in [-0.05, 0) is 18.9 Å². The van der Waals surface area contributed by atoms with Crippen molar-refractivity contribution in [1.82, 2.24) is 10.2 Å². The predicted molar refractivity (Wildman–Crippen MR) is 105 cm³/mol. The van der Waals surface area contributed by atoms with Gasteiger partial charge in [-0.25, -0.2) is 0 Å². The maximum Gasteiger partial charge on any atom is 0.233 e. The second kappa shape index (κ2) is 9.15. The van der Waals surface area contributed by atoms with Crippen molar-refractivity contribution in [3.8, 4) is 17.2 Å². The van der Waals surface area contributed by atoms with Gasteiger partial charge in [0.25, 0.3) is 0 Å². The second-order valence-electron chi connectivity index (χ2n) is 7.37. The first-order valence-electron chi connectivity index (χ1n) is 9.91. The molecule has 1 saturated heterocycles. The number of imide groups is 1. The first-order chi connectivity index (χ1) is 14.0. The lowest BCUT2D eigenvalue weighted by Gasteiger charge is -2.19. The SMILES string of the molecule is COc1cc(OC)c(OC)cc1CNC(=O)CCN1C(=O)[C@@H]2CCCC[C@H]2C1=O. The maximum absolute atomic E-state index is 12.5. The van der Waals surface area contributed by atoms with Crippen molar-refractivity contribution in [1.29, 1.82) is 0 Å². The first kappa shape index (κ1) is 21.0. The van der Waals surface area contributed by atoms with Gasteiger partial charge in [-0.2, -0.15) is 0 Å². The van der Waals surface area contributed by atoms with Crippen LogP contribution >= 0.6 is 0 Å². The van der Waals surface area contributed by atoms with Crippen LogP contribution in [0.25, 0.3) is 0 Å². The van der Waals surface area contributed by atoms with E-state index < -0.39 is 0 Å². The first-order valence-corrected chi connectivity index (χ1v) is 9.91. The van der Waals surface area contributed by atoms with Crippen molar-refractivity contribution < 1.29 is 28.6 Å². The Morgan fingerprint density at radius 2 is 1.52 bits per heavy atom. The van der Waals surface area contributed by atoms with Crippen molar-refractivity contribution in [3.05, 3.63) is 17.7 Å². The number of amides is 3. The fraction of sp³-hybridized carbons (Fsp3) is 0.571. The largest absolute Gasteiger partial charge is 0.496 e. The van der Waals surface area contributed by atoms with Gasteiger partial charge in [0, 0.05) is 31.1 Å². The molecule has 0 aromatic heterocycles. The Labute approximate surface area is 170 Å². The molecule has 0 radical (unpaired) electrons. The van der Waals surface area contributed by atoms with Crippen molar-refractivity contribution in [2.24, 2.45) is 11.8 Å². The molecule has 0 bridgehead atoms. The minimum absolute atomic E-state index is 0.0759. The quantitative estimate of drug-likeness (QED) is 0.665. The lowest BCUT2D eigenvalue weighted by Crippen LogP contribution is -2.35. The lowest BCUT2D eigenvalue weighted by molar-refractivity contribution is -0.140. The minimum atomic E-state index is -0.239. The van der Waals surface area contributed by atoms with Crippen LogP contribution in [0, 0.1) is 11.8 Å². The molecule has 2 fully saturated rings. The minimum Gasteiger partial charge on any atom is -0.496 e. The third-order valence-electron chi connectivity index (χ3n) is 5.76. The molecule has 3 rings (SSSR count). The second-order valence-corrected chi connectivity index (χ2v) is 7.37. The summed E-state index contributed by atoms with van der Waals surface area (Å²) in [5.41, 5.74) is 0.734. The summed E-state index contributed by atoms with van der Waals surface area (Å²) in [6, 6.07) is 3.44. The predicted octanol–water partition coefficient (Wildman–Crippen LogP) is 1.89. The normalized spacial score (nSPS) is 21.0. The highest BCUT2D eigenvalue weighted by Crippen LogP contribution is 2.38. The van der Waals surface area contributed by atoms with Crippen molar-refractivity contribution in [2.75, 3.05) is 27.9 Å². The van der Waals surface area contributed by atoms with Crippen LogP contribution < -0.4 is 19.5 Å². The third kappa shape index (κ3) is 4.31. The Morgan fingerprint density at radius 1 is 0.966 bits per heavy atom. The molecule has 1 aliphatic carbocycles. The van der Waals surface area contributed by atoms with Gasteiger partial charge in [-0.1, -0.05) is 12.8 Å². The van der Waals surface area contributed by atoms with Crippen molar-refractivity contribution >= 4 is 17.7 Å². The van der Waals surface area contributed by atoms with Crippen LogP contribution in [0.5, 0.6) is 17.2 Å². The van der Waals surface area contributed by atoms with Crippen LogP contribution in [0.4, 0.5) is 0 Å². The highest BCUT2D eigenvalue weighted by atomic mass is 16.5. The van der Waals surface area contributed by atoms with E-state index in [9.17, 15) is 14.4 Å². The number of ether oxygens (including phenoxy) is 3. The lowest BCUT2D eigenvalue weighted by atomic mass is 9.81. The zero-order valence-corrected chi connectivity index (χ0v) is 17.2. The van der Waals surface area contributed by atoms with Gasteiger partial charge in [0.05, 0.1) is 33.2 Å². The number of rotatable bonds is 8. The van der Waals surface area contributed by atoms with Crippen LogP contribution in [0.2, 0.25) is 0 Å². The van der Waals surface area contributed by atoms with E-state index in [0.29, 0.717) is 17.2 Å². The number of nitrogens with one attached hydrogen (secondary N) is 1. The van der Waals surface area contributed by atoms with E-state index >= 15 is 0 Å². The number of carbonyl (C=O) groups is 3. The number of nitrogens with zero attached hydrogens (tertiary/aromatic N) is 1. The molecule has 0 unspecified atom stereocenters. The molecule has 2 atom stereocenters. The molecule has 1 saturated carbocycles. The summed E-state index contributed by atoms with van der Waals surface area (Å²) in [7, 11) is 4.61. The number of methoxy groups -OCH3 is 3. The Morgan fingerprint density at radius 3 is 2.07 bits per heavy atom. The summed E-state index contributed by atoms with van der Waals surface area (Å²) in [5.74, 6) is 0.795. The highest BCUT2D eigenvalue weighted by Gasteiger charge is 2.47. The third-order valence-corrected chi connectivity index (χ3v) is 5.76. The van der Waals surface area contributed by atoms with E-state index in [4.69, 9.17) is 14.2 Å². The average molecular weight is 404 g/mol. The van der Waals surface area contributed by atoms with Gasteiger partial charge in [-0.15, -0.1) is 0 Å². The molecule has 1 N–H and O–H groups in total. The number of fused-ring (bicyclic) bond motifs is 1. The van der Waals surface area contributed by atoms with Crippen molar-refractivity contribution in [3.63, 3.8) is 0 Å². The molecule has 1 heterocycles. The molecule has 2 aliphatic rings. The molecule has 1 aromatic rings. The summed E-state index contributed by atoms with van der Waals surface area (Å²) in [5, 5.41) is 2.81. The Balaban J connectivity index is 1.57. The van der Waals surface area contributed by atoms with Gasteiger partial charge in [0.1, 0.15) is 5.75 Å². The van der Waals surface area contributed by atoms with E-state index in [-0.39, 0.29) is 49.1 Å². The standard InChI is InChI=1S/C21H28N2O6/c1-27-16-11-18(29-3)17(28-2)10-13(16)12-22-19(24)8-9-23-20(25)14-6-4-5-7-15(14)21(23)26/h10-11,14-15H,4-9,12H2,1-3H3,(H,22,24)/t14-,15-/m1/s1. The van der Waals surface area contributed by atoms with Crippen LogP contribution in [0.1, 0.15) is 37.7 Å². The fourth-order valence-electron chi connectivity index (χ4n) is 4.18. The molecule has 1 aliphatic heterocycles. The van der Waals surface area contributed by atoms with Gasteiger partial charge in [-0.3, -0.25) is 19.3 Å². The van der Waals surface area contributed by atoms with Gasteiger partial charge in [0.2, 0.25) is 17.7 Å². The zero-order valence-electron chi connectivity index (χ0n) is 17.2. The molecule has 158 valence electrons. The Bertz CT molecular complexity index is 770. The molecule has 29 heavy (non-hydrogen) atoms. The van der Waals surface area contributed by atoms with Gasteiger partial charge in [0.15, 0.2) is 11.5 Å². The number of hydrogen-bond acceptors (Lipinski definition) is 6. The Kier molecular flexibility index (Phi) is 6.61. The monoisotopic (exact) mass is 404 g/mol. The van der Waals surface area contributed by atoms with E-state index in [1.807, 2.05) is 0 Å². The summed E-state index contributed by atoms with van der Waals surface area (Å²) in [4.78, 5) is 38.6. The van der Waals surface area contributed by atoms with E-state index in [0.717, 1.165) is 31.2 Å². The van der Waals surface area contributed by atoms with Gasteiger partial charge < -0.3 is 19.5 Å². The topological polar surface area (TPSA) is 94.2 Å². The smallest absolute Gasteiger partial charge is 0.233 e. The van der Waals surface area contributed by atoms with E-state index in [1.54, 1.807) is 12.1 Å². The zero-order chi connectivity index (χ0) is 21.0. The molecular weight excluding hydrogens is 376 g/mol. The molecule has 8 nitrogen and oxygen atoms in total. The molecule has 0 spiro atoms. The summed E-state index contributed by atoms with van der Waals surface area (Å²) in [6.45, 7) is 0.356. The summed E-state index contributed by atoms with van der Waals surface area (Å²) < 4.78 is 15.9. The maximum atomic E-state index is 12.5. The molecule has 8 heteroatoms. The highest BCUT2D eigenvalue weighted by molar-refractivity contribution is 6.05. The summed E-state index contributed by atoms with van der Waals surface area (Å²) >= 11 is 0. The van der Waals surface area contributed by atoms with Crippen LogP contribution in [-0.2, 0) is 20.9 Å². The molecular formula is C21H28N2O6. The van der Waals surface area contributed by atoms with Crippen LogP contribution in [-0.4, -0.2) is 50.5 Å². The Hall–Kier alpha value is -2.77. The average Bonchev–Trinajstić information content (AvgIpc) is 3.00. The molecule has 3 amide bonds. The summed E-state index contributed by atoms with van der Waals surface area (Å²) in [6.07, 6.45) is 3.60. The van der Waals surface area contributed by atoms with E-state index in [1.165, 1.54) is 26.2 Å². The molecule has 1 aromatic carbocycles. The number of benzene rings is 1. The van der Waals surface area contributed by atoms with Crippen molar-refractivity contribution in [2.45, 2.75) is 38.6 Å².